The summed E-state index contributed by atoms with van der Waals surface area (Å²) in [7, 11) is 0. The molecule has 1 aliphatic heterocycles. The molecule has 0 aromatic heterocycles. The van der Waals surface area contributed by atoms with Crippen molar-refractivity contribution in [3.63, 3.8) is 0 Å². The summed E-state index contributed by atoms with van der Waals surface area (Å²) < 4.78 is 0. The van der Waals surface area contributed by atoms with E-state index in [1.165, 1.54) is 0 Å². The van der Waals surface area contributed by atoms with Gasteiger partial charge in [0.2, 0.25) is 0 Å². The van der Waals surface area contributed by atoms with Crippen LogP contribution in [0.4, 0.5) is 0 Å². The molecular weight excluding hydrogens is 136 g/mol. The van der Waals surface area contributed by atoms with E-state index in [9.17, 15) is 0 Å². The number of hydrogen-bond acceptors (Lipinski definition) is 2. The van der Waals surface area contributed by atoms with E-state index >= 15 is 0 Å². The van der Waals surface area contributed by atoms with Gasteiger partial charge in [0.25, 0.3) is 0 Å². The molecule has 64 valence electrons. The molecule has 1 rings (SSSR count). The Morgan fingerprint density at radius 1 is 1.73 bits per heavy atom. The van der Waals surface area contributed by atoms with Gasteiger partial charge in [-0.3, -0.25) is 4.90 Å². The molecule has 1 atom stereocenters. The van der Waals surface area contributed by atoms with Crippen molar-refractivity contribution >= 4 is 0 Å². The van der Waals surface area contributed by atoms with Crippen LogP contribution in [-0.2, 0) is 0 Å². The van der Waals surface area contributed by atoms with Crippen LogP contribution in [0.1, 0.15) is 13.8 Å². The summed E-state index contributed by atoms with van der Waals surface area (Å²) in [5, 5.41) is 3.47. The van der Waals surface area contributed by atoms with Gasteiger partial charge in [-0.15, -0.1) is 6.58 Å². The van der Waals surface area contributed by atoms with Crippen LogP contribution in [0.2, 0.25) is 0 Å². The molecule has 1 aliphatic rings. The van der Waals surface area contributed by atoms with Crippen molar-refractivity contribution < 1.29 is 0 Å². The molecule has 1 heterocycles. The van der Waals surface area contributed by atoms with Gasteiger partial charge in [0.05, 0.1) is 6.17 Å². The lowest BCUT2D eigenvalue weighted by Crippen LogP contribution is -2.39. The Balaban J connectivity index is 2.43. The van der Waals surface area contributed by atoms with Crippen molar-refractivity contribution in [2.45, 2.75) is 20.0 Å². The highest BCUT2D eigenvalue weighted by Crippen LogP contribution is 2.11. The number of rotatable bonds is 3. The summed E-state index contributed by atoms with van der Waals surface area (Å²) >= 11 is 0. The topological polar surface area (TPSA) is 15.3 Å². The predicted molar refractivity (Wildman–Crippen MR) is 48.4 cm³/mol. The van der Waals surface area contributed by atoms with E-state index in [1.807, 2.05) is 6.08 Å². The van der Waals surface area contributed by atoms with Crippen LogP contribution in [0.15, 0.2) is 12.7 Å². The minimum atomic E-state index is 0.563. The Labute approximate surface area is 69.3 Å². The second kappa shape index (κ2) is 3.88. The largest absolute Gasteiger partial charge is 0.300 e. The Morgan fingerprint density at radius 3 is 3.00 bits per heavy atom. The fourth-order valence-corrected chi connectivity index (χ4v) is 1.65. The monoisotopic (exact) mass is 154 g/mol. The molecule has 0 aliphatic carbocycles. The molecular formula is C9H18N2. The van der Waals surface area contributed by atoms with Crippen molar-refractivity contribution in [1.82, 2.24) is 10.2 Å². The van der Waals surface area contributed by atoms with Gasteiger partial charge in [-0.1, -0.05) is 19.9 Å². The van der Waals surface area contributed by atoms with E-state index in [2.05, 4.69) is 30.6 Å². The highest BCUT2D eigenvalue weighted by atomic mass is 15.3. The van der Waals surface area contributed by atoms with E-state index in [4.69, 9.17) is 0 Å². The number of hydrogen-bond donors (Lipinski definition) is 1. The Kier molecular flexibility index (Phi) is 3.09. The second-order valence-electron chi connectivity index (χ2n) is 3.43. The minimum Gasteiger partial charge on any atom is -0.300 e. The van der Waals surface area contributed by atoms with Crippen LogP contribution < -0.4 is 5.32 Å². The summed E-state index contributed by atoms with van der Waals surface area (Å²) in [5.74, 6) is 0.692. The molecule has 1 N–H and O–H groups in total. The Morgan fingerprint density at radius 2 is 2.45 bits per heavy atom. The van der Waals surface area contributed by atoms with Crippen LogP contribution in [-0.4, -0.2) is 30.7 Å². The highest BCUT2D eigenvalue weighted by Gasteiger charge is 2.24. The first-order chi connectivity index (χ1) is 5.25. The van der Waals surface area contributed by atoms with Gasteiger partial charge in [0.1, 0.15) is 0 Å². The first-order valence-electron chi connectivity index (χ1n) is 4.34. The first-order valence-corrected chi connectivity index (χ1v) is 4.34. The van der Waals surface area contributed by atoms with Crippen LogP contribution in [0.3, 0.4) is 0 Å². The summed E-state index contributed by atoms with van der Waals surface area (Å²) in [5.41, 5.74) is 0. The standard InChI is InChI=1S/C9H18N2/c1-4-6-11-7-5-10-9(11)8(2)3/h4,8-10H,1,5-7H2,2-3H3. The van der Waals surface area contributed by atoms with Gasteiger partial charge >= 0.3 is 0 Å². The van der Waals surface area contributed by atoms with Crippen LogP contribution in [0, 0.1) is 5.92 Å². The van der Waals surface area contributed by atoms with Crippen LogP contribution in [0.25, 0.3) is 0 Å². The summed E-state index contributed by atoms with van der Waals surface area (Å²) in [4.78, 5) is 2.43. The van der Waals surface area contributed by atoms with E-state index in [0.717, 1.165) is 19.6 Å². The fourth-order valence-electron chi connectivity index (χ4n) is 1.65. The van der Waals surface area contributed by atoms with Gasteiger partial charge in [0.15, 0.2) is 0 Å². The molecule has 1 saturated heterocycles. The maximum Gasteiger partial charge on any atom is 0.0624 e. The zero-order valence-corrected chi connectivity index (χ0v) is 7.51. The predicted octanol–water partition coefficient (Wildman–Crippen LogP) is 1.06. The molecule has 0 saturated carbocycles. The maximum absolute atomic E-state index is 3.75. The van der Waals surface area contributed by atoms with Gasteiger partial charge < -0.3 is 5.32 Å². The summed E-state index contributed by atoms with van der Waals surface area (Å²) in [6.45, 7) is 11.5. The maximum atomic E-state index is 3.75. The minimum absolute atomic E-state index is 0.563. The average molecular weight is 154 g/mol. The molecule has 0 aromatic carbocycles. The Hall–Kier alpha value is -0.340. The third kappa shape index (κ3) is 2.04. The smallest absolute Gasteiger partial charge is 0.0624 e. The number of nitrogens with one attached hydrogen (secondary N) is 1. The third-order valence-electron chi connectivity index (χ3n) is 2.14. The second-order valence-corrected chi connectivity index (χ2v) is 3.43. The Bertz CT molecular complexity index is 132. The zero-order valence-electron chi connectivity index (χ0n) is 7.51. The SMILES string of the molecule is C=CCN1CCNC1C(C)C. The van der Waals surface area contributed by atoms with Crippen molar-refractivity contribution in [2.75, 3.05) is 19.6 Å². The van der Waals surface area contributed by atoms with Crippen molar-refractivity contribution in [2.24, 2.45) is 5.92 Å². The molecule has 1 unspecified atom stereocenters. The average Bonchev–Trinajstić information content (AvgIpc) is 2.36. The van der Waals surface area contributed by atoms with Crippen molar-refractivity contribution in [3.05, 3.63) is 12.7 Å². The van der Waals surface area contributed by atoms with Crippen LogP contribution >= 0.6 is 0 Å². The van der Waals surface area contributed by atoms with Crippen LogP contribution in [0.5, 0.6) is 0 Å². The molecule has 0 aromatic rings. The number of nitrogens with zero attached hydrogens (tertiary/aromatic N) is 1. The molecule has 0 spiro atoms. The molecule has 2 nitrogen and oxygen atoms in total. The lowest BCUT2D eigenvalue weighted by atomic mass is 10.1. The van der Waals surface area contributed by atoms with Gasteiger partial charge in [-0.25, -0.2) is 0 Å². The van der Waals surface area contributed by atoms with E-state index < -0.39 is 0 Å². The molecule has 11 heavy (non-hydrogen) atoms. The first kappa shape index (κ1) is 8.75. The van der Waals surface area contributed by atoms with E-state index in [-0.39, 0.29) is 0 Å². The molecule has 2 heteroatoms. The zero-order chi connectivity index (χ0) is 8.27. The molecule has 0 radical (unpaired) electrons. The van der Waals surface area contributed by atoms with E-state index in [1.54, 1.807) is 0 Å². The molecule has 0 bridgehead atoms. The molecule has 0 amide bonds. The normalized spacial score (nSPS) is 26.3. The lowest BCUT2D eigenvalue weighted by molar-refractivity contribution is 0.211. The quantitative estimate of drug-likeness (QED) is 0.611. The fraction of sp³-hybridized carbons (Fsp3) is 0.778. The molecule has 1 fully saturated rings. The van der Waals surface area contributed by atoms with Gasteiger partial charge in [0, 0.05) is 19.6 Å². The lowest BCUT2D eigenvalue weighted by Gasteiger charge is -2.25. The van der Waals surface area contributed by atoms with Gasteiger partial charge in [-0.2, -0.15) is 0 Å². The van der Waals surface area contributed by atoms with Gasteiger partial charge in [-0.05, 0) is 5.92 Å². The van der Waals surface area contributed by atoms with Crippen molar-refractivity contribution in [3.8, 4) is 0 Å². The highest BCUT2D eigenvalue weighted by molar-refractivity contribution is 4.84. The summed E-state index contributed by atoms with van der Waals surface area (Å²) in [6.07, 6.45) is 2.54. The third-order valence-corrected chi connectivity index (χ3v) is 2.14. The van der Waals surface area contributed by atoms with E-state index in [0.29, 0.717) is 12.1 Å². The van der Waals surface area contributed by atoms with Crippen molar-refractivity contribution in [1.29, 1.82) is 0 Å². The summed E-state index contributed by atoms with van der Waals surface area (Å²) in [6, 6.07) is 0.